The van der Waals surface area contributed by atoms with Crippen molar-refractivity contribution in [3.05, 3.63) is 65.7 Å². The van der Waals surface area contributed by atoms with Gasteiger partial charge >= 0.3 is 5.97 Å². The topological polar surface area (TPSA) is 214 Å². The minimum absolute atomic E-state index is 0.00421. The Morgan fingerprint density at radius 2 is 1.32 bits per heavy atom. The van der Waals surface area contributed by atoms with E-state index in [1.807, 2.05) is 0 Å². The molecule has 2 aromatic rings. The number of aromatic hydroxyl groups is 1. The zero-order valence-corrected chi connectivity index (χ0v) is 22.5. The van der Waals surface area contributed by atoms with Crippen LogP contribution in [0.15, 0.2) is 54.6 Å². The number of hydrogen-bond donors (Lipinski definition) is 7. The van der Waals surface area contributed by atoms with Crippen molar-refractivity contribution in [3.8, 4) is 5.75 Å². The van der Waals surface area contributed by atoms with Crippen molar-refractivity contribution in [1.29, 1.82) is 0 Å². The summed E-state index contributed by atoms with van der Waals surface area (Å²) in [4.78, 5) is 62.2. The Balaban J connectivity index is 2.21. The highest BCUT2D eigenvalue weighted by Crippen LogP contribution is 2.12. The second-order valence-corrected chi connectivity index (χ2v) is 9.86. The van der Waals surface area contributed by atoms with Gasteiger partial charge in [-0.2, -0.15) is 0 Å². The lowest BCUT2D eigenvalue weighted by Gasteiger charge is -2.27. The van der Waals surface area contributed by atoms with Crippen LogP contribution < -0.4 is 27.4 Å². The summed E-state index contributed by atoms with van der Waals surface area (Å²) in [6.07, 6.45) is -0.0896. The summed E-state index contributed by atoms with van der Waals surface area (Å²) in [7, 11) is 0. The molecule has 0 aliphatic heterocycles. The van der Waals surface area contributed by atoms with E-state index >= 15 is 0 Å². The molecule has 0 saturated heterocycles. The molecule has 0 aromatic heterocycles. The number of hydrogen-bond acceptors (Lipinski definition) is 7. The standard InChI is InChI=1S/C28H37N5O7/c1-16(2)24(33-25(36)20(29)12-13-23(30)35)27(38)31-21(14-17-6-4-3-5-7-17)26(37)32-22(28(39)40)15-18-8-10-19(34)11-9-18/h3-11,16,20-22,24,34H,12-15,29H2,1-2H3,(H2,30,35)(H,31,38)(H,32,37)(H,33,36)(H,39,40). The van der Waals surface area contributed by atoms with Gasteiger partial charge in [0.1, 0.15) is 23.9 Å². The SMILES string of the molecule is CC(C)C(NC(=O)C(N)CCC(N)=O)C(=O)NC(Cc1ccccc1)C(=O)NC(Cc1ccc(O)cc1)C(=O)O. The molecule has 12 heteroatoms. The molecule has 0 aliphatic rings. The second-order valence-electron chi connectivity index (χ2n) is 9.86. The van der Waals surface area contributed by atoms with Crippen LogP contribution in [-0.2, 0) is 36.8 Å². The summed E-state index contributed by atoms with van der Waals surface area (Å²) < 4.78 is 0. The van der Waals surface area contributed by atoms with E-state index in [0.29, 0.717) is 11.1 Å². The maximum atomic E-state index is 13.3. The van der Waals surface area contributed by atoms with E-state index in [-0.39, 0.29) is 31.4 Å². The number of nitrogens with one attached hydrogen (secondary N) is 3. The summed E-state index contributed by atoms with van der Waals surface area (Å²) >= 11 is 0. The Morgan fingerprint density at radius 1 is 0.775 bits per heavy atom. The highest BCUT2D eigenvalue weighted by molar-refractivity contribution is 5.94. The van der Waals surface area contributed by atoms with Crippen molar-refractivity contribution >= 4 is 29.6 Å². The van der Waals surface area contributed by atoms with Crippen molar-refractivity contribution in [2.75, 3.05) is 0 Å². The Hall–Kier alpha value is -4.45. The molecule has 4 unspecified atom stereocenters. The first-order chi connectivity index (χ1) is 18.9. The van der Waals surface area contributed by atoms with Crippen molar-refractivity contribution < 1.29 is 34.2 Å². The minimum Gasteiger partial charge on any atom is -0.508 e. The van der Waals surface area contributed by atoms with Crippen molar-refractivity contribution in [2.24, 2.45) is 17.4 Å². The third-order valence-corrected chi connectivity index (χ3v) is 6.19. The van der Waals surface area contributed by atoms with Gasteiger partial charge in [0.2, 0.25) is 23.6 Å². The molecule has 0 saturated carbocycles. The van der Waals surface area contributed by atoms with Crippen LogP contribution in [0.4, 0.5) is 0 Å². The van der Waals surface area contributed by atoms with Gasteiger partial charge in [0.25, 0.3) is 0 Å². The number of nitrogens with two attached hydrogens (primary N) is 2. The quantitative estimate of drug-likeness (QED) is 0.158. The number of amides is 4. The molecule has 2 rings (SSSR count). The van der Waals surface area contributed by atoms with E-state index in [1.54, 1.807) is 56.3 Å². The van der Waals surface area contributed by atoms with E-state index in [9.17, 15) is 34.2 Å². The predicted molar refractivity (Wildman–Crippen MR) is 147 cm³/mol. The number of carboxylic acids is 1. The minimum atomic E-state index is -1.31. The van der Waals surface area contributed by atoms with Crippen molar-refractivity contribution in [3.63, 3.8) is 0 Å². The average molecular weight is 556 g/mol. The zero-order valence-electron chi connectivity index (χ0n) is 22.5. The number of carbonyl (C=O) groups is 5. The largest absolute Gasteiger partial charge is 0.508 e. The van der Waals surface area contributed by atoms with Gasteiger partial charge < -0.3 is 37.6 Å². The number of phenols is 1. The third-order valence-electron chi connectivity index (χ3n) is 6.19. The van der Waals surface area contributed by atoms with Gasteiger partial charge in [-0.15, -0.1) is 0 Å². The van der Waals surface area contributed by atoms with Crippen LogP contribution >= 0.6 is 0 Å². The van der Waals surface area contributed by atoms with Crippen molar-refractivity contribution in [1.82, 2.24) is 16.0 Å². The van der Waals surface area contributed by atoms with E-state index in [2.05, 4.69) is 16.0 Å². The van der Waals surface area contributed by atoms with E-state index < -0.39 is 59.7 Å². The lowest BCUT2D eigenvalue weighted by molar-refractivity contribution is -0.142. The molecular weight excluding hydrogens is 518 g/mol. The van der Waals surface area contributed by atoms with E-state index in [1.165, 1.54) is 12.1 Å². The van der Waals surface area contributed by atoms with Crippen molar-refractivity contribution in [2.45, 2.75) is 63.7 Å². The molecule has 0 spiro atoms. The molecule has 0 fully saturated rings. The number of carbonyl (C=O) groups excluding carboxylic acids is 4. The lowest BCUT2D eigenvalue weighted by atomic mass is 9.99. The lowest BCUT2D eigenvalue weighted by Crippen LogP contribution is -2.59. The van der Waals surface area contributed by atoms with Gasteiger partial charge in [0.05, 0.1) is 6.04 Å². The molecule has 0 radical (unpaired) electrons. The predicted octanol–water partition coefficient (Wildman–Crippen LogP) is -0.0348. The summed E-state index contributed by atoms with van der Waals surface area (Å²) in [5, 5.41) is 26.9. The highest BCUT2D eigenvalue weighted by atomic mass is 16.4. The van der Waals surface area contributed by atoms with E-state index in [0.717, 1.165) is 0 Å². The third kappa shape index (κ3) is 10.4. The first-order valence-corrected chi connectivity index (χ1v) is 12.9. The number of rotatable bonds is 15. The van der Waals surface area contributed by atoms with Gasteiger partial charge in [-0.25, -0.2) is 4.79 Å². The molecule has 4 amide bonds. The van der Waals surface area contributed by atoms with Crippen LogP contribution in [0.1, 0.15) is 37.8 Å². The fourth-order valence-electron chi connectivity index (χ4n) is 3.88. The number of benzene rings is 2. The first-order valence-electron chi connectivity index (χ1n) is 12.9. The van der Waals surface area contributed by atoms with Crippen LogP contribution in [0.3, 0.4) is 0 Å². The summed E-state index contributed by atoms with van der Waals surface area (Å²) in [5.74, 6) is -4.30. The van der Waals surface area contributed by atoms with Gasteiger partial charge in [0.15, 0.2) is 0 Å². The Labute approximate surface area is 232 Å². The molecule has 0 bridgehead atoms. The number of carboxylic acid groups (broad SMARTS) is 1. The van der Waals surface area contributed by atoms with Crippen LogP contribution in [-0.4, -0.2) is 64.0 Å². The fraction of sp³-hybridized carbons (Fsp3) is 0.393. The summed E-state index contributed by atoms with van der Waals surface area (Å²) in [6, 6.07) is 10.2. The smallest absolute Gasteiger partial charge is 0.326 e. The van der Waals surface area contributed by atoms with Gasteiger partial charge in [-0.1, -0.05) is 56.3 Å². The Morgan fingerprint density at radius 3 is 1.88 bits per heavy atom. The molecule has 2 aromatic carbocycles. The number of aliphatic carboxylic acids is 1. The summed E-state index contributed by atoms with van der Waals surface area (Å²) in [6.45, 7) is 3.40. The van der Waals surface area contributed by atoms with Gasteiger partial charge in [-0.3, -0.25) is 19.2 Å². The molecule has 0 heterocycles. The maximum absolute atomic E-state index is 13.3. The number of primary amides is 1. The Bertz CT molecular complexity index is 1170. The molecule has 9 N–H and O–H groups in total. The molecule has 12 nitrogen and oxygen atoms in total. The first kappa shape index (κ1) is 31.8. The fourth-order valence-corrected chi connectivity index (χ4v) is 3.88. The van der Waals surface area contributed by atoms with Crippen LogP contribution in [0.5, 0.6) is 5.75 Å². The molecule has 216 valence electrons. The average Bonchev–Trinajstić information content (AvgIpc) is 2.90. The number of phenolic OH excluding ortho intramolecular Hbond substituents is 1. The molecule has 0 aliphatic carbocycles. The highest BCUT2D eigenvalue weighted by Gasteiger charge is 2.32. The van der Waals surface area contributed by atoms with E-state index in [4.69, 9.17) is 11.5 Å². The summed E-state index contributed by atoms with van der Waals surface area (Å²) in [5.41, 5.74) is 12.2. The molecule has 4 atom stereocenters. The van der Waals surface area contributed by atoms with Crippen LogP contribution in [0, 0.1) is 5.92 Å². The molecular formula is C28H37N5O7. The van der Waals surface area contributed by atoms with Gasteiger partial charge in [-0.05, 0) is 35.6 Å². The van der Waals surface area contributed by atoms with Crippen LogP contribution in [0.25, 0.3) is 0 Å². The normalized spacial score (nSPS) is 13.9. The zero-order chi connectivity index (χ0) is 29.8. The Kier molecular flexibility index (Phi) is 12.1. The van der Waals surface area contributed by atoms with Crippen LogP contribution in [0.2, 0.25) is 0 Å². The monoisotopic (exact) mass is 555 g/mol. The van der Waals surface area contributed by atoms with Gasteiger partial charge in [0, 0.05) is 19.3 Å². The maximum Gasteiger partial charge on any atom is 0.326 e. The molecule has 40 heavy (non-hydrogen) atoms. The second kappa shape index (κ2) is 15.2.